The van der Waals surface area contributed by atoms with Gasteiger partial charge in [-0.25, -0.2) is 0 Å². The van der Waals surface area contributed by atoms with Crippen LogP contribution in [0.25, 0.3) is 0 Å². The van der Waals surface area contributed by atoms with Crippen molar-refractivity contribution in [3.05, 3.63) is 34.9 Å². The molecule has 0 fully saturated rings. The molecule has 0 aromatic heterocycles. The van der Waals surface area contributed by atoms with Gasteiger partial charge in [-0.15, -0.1) is 0 Å². The van der Waals surface area contributed by atoms with Crippen molar-refractivity contribution < 1.29 is 4.79 Å². The standard InChI is InChI=1S/C13H17ClN2OS/c1-3-16(8-9(2)12(15)18)13(17)10-4-6-11(14)7-5-10/h4-7,9H,3,8H2,1-2H3,(H2,15,18). The number of nitrogens with zero attached hydrogens (tertiary/aromatic N) is 1. The SMILES string of the molecule is CCN(CC(C)C(N)=S)C(=O)c1ccc(Cl)cc1. The van der Waals surface area contributed by atoms with Crippen LogP contribution in [0.4, 0.5) is 0 Å². The van der Waals surface area contributed by atoms with Gasteiger partial charge in [-0.3, -0.25) is 4.79 Å². The Balaban J connectivity index is 2.79. The van der Waals surface area contributed by atoms with Crippen molar-refractivity contribution >= 4 is 34.7 Å². The monoisotopic (exact) mass is 284 g/mol. The van der Waals surface area contributed by atoms with E-state index >= 15 is 0 Å². The largest absolute Gasteiger partial charge is 0.393 e. The van der Waals surface area contributed by atoms with Crippen molar-refractivity contribution in [3.8, 4) is 0 Å². The normalized spacial score (nSPS) is 11.9. The minimum Gasteiger partial charge on any atom is -0.393 e. The molecular weight excluding hydrogens is 268 g/mol. The van der Waals surface area contributed by atoms with E-state index in [1.807, 2.05) is 13.8 Å². The topological polar surface area (TPSA) is 46.3 Å². The molecule has 1 unspecified atom stereocenters. The molecule has 18 heavy (non-hydrogen) atoms. The Labute approximate surface area is 118 Å². The van der Waals surface area contributed by atoms with Crippen LogP contribution >= 0.6 is 23.8 Å². The van der Waals surface area contributed by atoms with Gasteiger partial charge in [0.15, 0.2) is 0 Å². The first-order valence-electron chi connectivity index (χ1n) is 5.79. The third-order valence-electron chi connectivity index (χ3n) is 2.74. The molecule has 3 nitrogen and oxygen atoms in total. The number of carbonyl (C=O) groups excluding carboxylic acids is 1. The van der Waals surface area contributed by atoms with Crippen molar-refractivity contribution in [1.29, 1.82) is 0 Å². The van der Waals surface area contributed by atoms with Crippen molar-refractivity contribution in [1.82, 2.24) is 4.90 Å². The van der Waals surface area contributed by atoms with E-state index in [4.69, 9.17) is 29.6 Å². The highest BCUT2D eigenvalue weighted by Crippen LogP contribution is 2.12. The molecule has 1 aromatic carbocycles. The molecular formula is C13H17ClN2OS. The van der Waals surface area contributed by atoms with Gasteiger partial charge in [-0.05, 0) is 31.2 Å². The van der Waals surface area contributed by atoms with Gasteiger partial charge in [0, 0.05) is 29.6 Å². The summed E-state index contributed by atoms with van der Waals surface area (Å²) in [6.45, 7) is 5.00. The molecule has 0 radical (unpaired) electrons. The molecule has 0 heterocycles. The second-order valence-corrected chi connectivity index (χ2v) is 5.06. The number of amides is 1. The number of halogens is 1. The lowest BCUT2D eigenvalue weighted by Gasteiger charge is -2.24. The third kappa shape index (κ3) is 3.96. The van der Waals surface area contributed by atoms with E-state index in [0.29, 0.717) is 28.7 Å². The molecule has 1 aromatic rings. The zero-order valence-corrected chi connectivity index (χ0v) is 12.1. The average Bonchev–Trinajstić information content (AvgIpc) is 2.35. The molecule has 98 valence electrons. The van der Waals surface area contributed by atoms with Gasteiger partial charge in [0.2, 0.25) is 0 Å². The van der Waals surface area contributed by atoms with Crippen LogP contribution in [-0.4, -0.2) is 28.9 Å². The molecule has 5 heteroatoms. The number of carbonyl (C=O) groups is 1. The molecule has 0 spiro atoms. The molecule has 2 N–H and O–H groups in total. The summed E-state index contributed by atoms with van der Waals surface area (Å²) in [6, 6.07) is 6.86. The van der Waals surface area contributed by atoms with Crippen LogP contribution < -0.4 is 5.73 Å². The summed E-state index contributed by atoms with van der Waals surface area (Å²) in [4.78, 5) is 14.4. The van der Waals surface area contributed by atoms with E-state index in [1.54, 1.807) is 29.2 Å². The number of thiocarbonyl (C=S) groups is 1. The minimum absolute atomic E-state index is 0.0104. The highest BCUT2D eigenvalue weighted by atomic mass is 35.5. The van der Waals surface area contributed by atoms with E-state index in [1.165, 1.54) is 0 Å². The Morgan fingerprint density at radius 3 is 2.44 bits per heavy atom. The molecule has 0 saturated carbocycles. The lowest BCUT2D eigenvalue weighted by Crippen LogP contribution is -2.38. The molecule has 0 aliphatic heterocycles. The van der Waals surface area contributed by atoms with Crippen LogP contribution in [0, 0.1) is 5.92 Å². The summed E-state index contributed by atoms with van der Waals surface area (Å²) in [5, 5.41) is 0.617. The third-order valence-corrected chi connectivity index (χ3v) is 3.39. The van der Waals surface area contributed by atoms with E-state index < -0.39 is 0 Å². The lowest BCUT2D eigenvalue weighted by molar-refractivity contribution is 0.0755. The fourth-order valence-corrected chi connectivity index (χ4v) is 1.75. The number of benzene rings is 1. The zero-order valence-electron chi connectivity index (χ0n) is 10.5. The number of rotatable bonds is 5. The minimum atomic E-state index is -0.0303. The Morgan fingerprint density at radius 1 is 1.44 bits per heavy atom. The first kappa shape index (κ1) is 14.9. The number of hydrogen-bond acceptors (Lipinski definition) is 2. The van der Waals surface area contributed by atoms with Crippen molar-refractivity contribution in [2.75, 3.05) is 13.1 Å². The number of hydrogen-bond donors (Lipinski definition) is 1. The predicted molar refractivity (Wildman–Crippen MR) is 79.0 cm³/mol. The summed E-state index contributed by atoms with van der Waals surface area (Å²) >= 11 is 10.7. The average molecular weight is 285 g/mol. The maximum absolute atomic E-state index is 12.2. The van der Waals surface area contributed by atoms with Crippen LogP contribution in [0.5, 0.6) is 0 Å². The van der Waals surface area contributed by atoms with Gasteiger partial charge in [-0.1, -0.05) is 30.7 Å². The fourth-order valence-electron chi connectivity index (χ4n) is 1.55. The van der Waals surface area contributed by atoms with Gasteiger partial charge < -0.3 is 10.6 Å². The summed E-state index contributed by atoms with van der Waals surface area (Å²) in [7, 11) is 0. The van der Waals surface area contributed by atoms with Crippen LogP contribution in [0.15, 0.2) is 24.3 Å². The fraction of sp³-hybridized carbons (Fsp3) is 0.385. The Hall–Kier alpha value is -1.13. The predicted octanol–water partition coefficient (Wildman–Crippen LogP) is 2.72. The van der Waals surface area contributed by atoms with E-state index in [0.717, 1.165) is 0 Å². The van der Waals surface area contributed by atoms with E-state index in [2.05, 4.69) is 0 Å². The molecule has 0 bridgehead atoms. The first-order chi connectivity index (χ1) is 8.45. The summed E-state index contributed by atoms with van der Waals surface area (Å²) in [5.74, 6) is -0.0199. The molecule has 0 aliphatic carbocycles. The van der Waals surface area contributed by atoms with Gasteiger partial charge in [0.25, 0.3) is 5.91 Å². The Morgan fingerprint density at radius 2 is 2.00 bits per heavy atom. The van der Waals surface area contributed by atoms with Crippen LogP contribution in [-0.2, 0) is 0 Å². The van der Waals surface area contributed by atoms with Crippen LogP contribution in [0.2, 0.25) is 5.02 Å². The first-order valence-corrected chi connectivity index (χ1v) is 6.58. The van der Waals surface area contributed by atoms with Gasteiger partial charge in [0.05, 0.1) is 4.99 Å². The summed E-state index contributed by atoms with van der Waals surface area (Å²) < 4.78 is 0. The lowest BCUT2D eigenvalue weighted by atomic mass is 10.1. The van der Waals surface area contributed by atoms with E-state index in [9.17, 15) is 4.79 Å². The molecule has 1 atom stereocenters. The van der Waals surface area contributed by atoms with Crippen molar-refractivity contribution in [2.24, 2.45) is 11.7 Å². The zero-order chi connectivity index (χ0) is 13.7. The smallest absolute Gasteiger partial charge is 0.253 e. The Bertz CT molecular complexity index is 433. The molecule has 0 aliphatic rings. The molecule has 1 amide bonds. The molecule has 1 rings (SSSR count). The Kier molecular flexibility index (Phi) is 5.56. The van der Waals surface area contributed by atoms with Gasteiger partial charge in [0.1, 0.15) is 0 Å². The van der Waals surface area contributed by atoms with Crippen molar-refractivity contribution in [2.45, 2.75) is 13.8 Å². The maximum atomic E-state index is 12.2. The molecule has 0 saturated heterocycles. The van der Waals surface area contributed by atoms with Crippen molar-refractivity contribution in [3.63, 3.8) is 0 Å². The second kappa shape index (κ2) is 6.71. The summed E-state index contributed by atoms with van der Waals surface area (Å²) in [5.41, 5.74) is 6.20. The van der Waals surface area contributed by atoms with Crippen LogP contribution in [0.3, 0.4) is 0 Å². The van der Waals surface area contributed by atoms with Gasteiger partial charge in [-0.2, -0.15) is 0 Å². The van der Waals surface area contributed by atoms with E-state index in [-0.39, 0.29) is 11.8 Å². The highest BCUT2D eigenvalue weighted by molar-refractivity contribution is 7.80. The highest BCUT2D eigenvalue weighted by Gasteiger charge is 2.17. The number of nitrogens with two attached hydrogens (primary N) is 1. The quantitative estimate of drug-likeness (QED) is 0.846. The second-order valence-electron chi connectivity index (χ2n) is 4.15. The van der Waals surface area contributed by atoms with Gasteiger partial charge >= 0.3 is 0 Å². The maximum Gasteiger partial charge on any atom is 0.253 e. The summed E-state index contributed by atoms with van der Waals surface area (Å²) in [6.07, 6.45) is 0. The van der Waals surface area contributed by atoms with Crippen LogP contribution in [0.1, 0.15) is 24.2 Å².